The van der Waals surface area contributed by atoms with Gasteiger partial charge in [0.1, 0.15) is 0 Å². The first kappa shape index (κ1) is 15.7. The molecule has 0 aliphatic carbocycles. The maximum atomic E-state index is 2.85. The van der Waals surface area contributed by atoms with Crippen molar-refractivity contribution in [2.75, 3.05) is 13.1 Å². The molecule has 3 heteroatoms. The fourth-order valence-corrected chi connectivity index (χ4v) is 11.1. The van der Waals surface area contributed by atoms with E-state index in [1.165, 1.54) is 13.1 Å². The standard InChI is InChI=1S/C16H34N2S/c1-13(2,3)17-11-12-18(14(4,5)6)19(17)15(7,8)16(19,9)10/h11-12H2,1-10H3. The Balaban J connectivity index is 2.56. The van der Waals surface area contributed by atoms with Crippen LogP contribution in [0.15, 0.2) is 0 Å². The van der Waals surface area contributed by atoms with E-state index in [2.05, 4.69) is 77.8 Å². The van der Waals surface area contributed by atoms with Gasteiger partial charge < -0.3 is 0 Å². The van der Waals surface area contributed by atoms with E-state index < -0.39 is 10.4 Å². The highest BCUT2D eigenvalue weighted by atomic mass is 32.3. The molecule has 2 heterocycles. The Labute approximate surface area is 122 Å². The maximum Gasteiger partial charge on any atom is 0.0343 e. The van der Waals surface area contributed by atoms with Gasteiger partial charge in [-0.05, 0) is 69.2 Å². The largest absolute Gasteiger partial charge is 0.248 e. The van der Waals surface area contributed by atoms with E-state index in [0.717, 1.165) is 0 Å². The van der Waals surface area contributed by atoms with E-state index in [0.29, 0.717) is 9.49 Å². The first-order chi connectivity index (χ1) is 8.22. The Morgan fingerprint density at radius 3 is 1.11 bits per heavy atom. The highest BCUT2D eigenvalue weighted by molar-refractivity contribution is 8.38. The van der Waals surface area contributed by atoms with Gasteiger partial charge in [0.2, 0.25) is 0 Å². The van der Waals surface area contributed by atoms with Crippen LogP contribution in [-0.2, 0) is 0 Å². The summed E-state index contributed by atoms with van der Waals surface area (Å²) in [6.45, 7) is 26.7. The van der Waals surface area contributed by atoms with Crippen LogP contribution in [0.4, 0.5) is 0 Å². The lowest BCUT2D eigenvalue weighted by Crippen LogP contribution is -2.44. The van der Waals surface area contributed by atoms with Gasteiger partial charge in [0, 0.05) is 33.7 Å². The first-order valence-corrected chi connectivity index (χ1v) is 9.15. The van der Waals surface area contributed by atoms with Gasteiger partial charge in [-0.15, -0.1) is 10.4 Å². The second-order valence-electron chi connectivity index (χ2n) is 9.12. The summed E-state index contributed by atoms with van der Waals surface area (Å²) in [6.07, 6.45) is 0. The molecule has 0 unspecified atom stereocenters. The highest BCUT2D eigenvalue weighted by Crippen LogP contribution is 2.94. The monoisotopic (exact) mass is 286 g/mol. The SMILES string of the molecule is CC(C)(C)N1CCN(C(C)(C)C)S12C(C)(C)C2(C)C. The van der Waals surface area contributed by atoms with Crippen LogP contribution in [0.2, 0.25) is 0 Å². The van der Waals surface area contributed by atoms with E-state index in [4.69, 9.17) is 0 Å². The Hall–Kier alpha value is 0.270. The van der Waals surface area contributed by atoms with E-state index in [1.54, 1.807) is 0 Å². The van der Waals surface area contributed by atoms with E-state index in [1.807, 2.05) is 0 Å². The van der Waals surface area contributed by atoms with Crippen LogP contribution in [0.5, 0.6) is 0 Å². The molecule has 1 spiro atoms. The average molecular weight is 287 g/mol. The molecule has 19 heavy (non-hydrogen) atoms. The molecular formula is C16H34N2S. The molecule has 0 bridgehead atoms. The molecule has 0 atom stereocenters. The van der Waals surface area contributed by atoms with Crippen LogP contribution in [0, 0.1) is 0 Å². The third-order valence-corrected chi connectivity index (χ3v) is 11.9. The lowest BCUT2D eigenvalue weighted by molar-refractivity contribution is 0.271. The van der Waals surface area contributed by atoms with Crippen molar-refractivity contribution < 1.29 is 0 Å². The van der Waals surface area contributed by atoms with Crippen molar-refractivity contribution in [2.24, 2.45) is 0 Å². The van der Waals surface area contributed by atoms with Crippen molar-refractivity contribution >= 4 is 10.4 Å². The zero-order valence-electron chi connectivity index (χ0n) is 14.7. The maximum absolute atomic E-state index is 2.85. The number of hydrogen-bond donors (Lipinski definition) is 0. The molecule has 0 aromatic rings. The molecule has 2 saturated heterocycles. The first-order valence-electron chi connectivity index (χ1n) is 7.60. The molecule has 0 saturated carbocycles. The highest BCUT2D eigenvalue weighted by Gasteiger charge is 2.81. The summed E-state index contributed by atoms with van der Waals surface area (Å²) in [5.74, 6) is 0. The number of nitrogens with zero attached hydrogens (tertiary/aromatic N) is 2. The van der Waals surface area contributed by atoms with Gasteiger partial charge in [-0.3, -0.25) is 0 Å². The summed E-state index contributed by atoms with van der Waals surface area (Å²) in [7, 11) is -0.883. The molecule has 0 aromatic heterocycles. The Kier molecular flexibility index (Phi) is 3.07. The van der Waals surface area contributed by atoms with Gasteiger partial charge >= 0.3 is 0 Å². The van der Waals surface area contributed by atoms with Crippen molar-refractivity contribution in [3.05, 3.63) is 0 Å². The van der Waals surface area contributed by atoms with Crippen LogP contribution in [-0.4, -0.2) is 42.3 Å². The molecular weight excluding hydrogens is 252 g/mol. The molecule has 2 aliphatic heterocycles. The van der Waals surface area contributed by atoms with Crippen LogP contribution < -0.4 is 0 Å². The quantitative estimate of drug-likeness (QED) is 0.609. The lowest BCUT2D eigenvalue weighted by atomic mass is 10.0. The van der Waals surface area contributed by atoms with Gasteiger partial charge in [-0.2, -0.15) is 0 Å². The number of rotatable bonds is 0. The van der Waals surface area contributed by atoms with Crippen molar-refractivity contribution in [1.29, 1.82) is 0 Å². The minimum atomic E-state index is -0.883. The second-order valence-corrected chi connectivity index (χ2v) is 13.1. The molecule has 2 aliphatic rings. The predicted octanol–water partition coefficient (Wildman–Crippen LogP) is 4.41. The topological polar surface area (TPSA) is 6.48 Å². The third-order valence-electron chi connectivity index (χ3n) is 5.47. The van der Waals surface area contributed by atoms with Gasteiger partial charge in [0.15, 0.2) is 0 Å². The average Bonchev–Trinajstić information content (AvgIpc) is 2.52. The van der Waals surface area contributed by atoms with Gasteiger partial charge in [-0.25, -0.2) is 8.61 Å². The molecule has 0 aromatic carbocycles. The smallest absolute Gasteiger partial charge is 0.0343 e. The van der Waals surface area contributed by atoms with Gasteiger partial charge in [0.05, 0.1) is 0 Å². The fourth-order valence-electron chi connectivity index (χ4n) is 4.15. The summed E-state index contributed by atoms with van der Waals surface area (Å²) in [4.78, 5) is 0. The predicted molar refractivity (Wildman–Crippen MR) is 88.7 cm³/mol. The van der Waals surface area contributed by atoms with Crippen molar-refractivity contribution in [2.45, 2.75) is 89.8 Å². The van der Waals surface area contributed by atoms with Gasteiger partial charge in [-0.1, -0.05) is 0 Å². The van der Waals surface area contributed by atoms with Crippen molar-refractivity contribution in [3.8, 4) is 0 Å². The summed E-state index contributed by atoms with van der Waals surface area (Å²) in [5.41, 5.74) is 0.529. The number of hydrogen-bond acceptors (Lipinski definition) is 2. The lowest BCUT2D eigenvalue weighted by Gasteiger charge is -2.50. The molecule has 114 valence electrons. The van der Waals surface area contributed by atoms with Crippen molar-refractivity contribution in [1.82, 2.24) is 8.61 Å². The van der Waals surface area contributed by atoms with E-state index >= 15 is 0 Å². The van der Waals surface area contributed by atoms with Gasteiger partial charge in [0.25, 0.3) is 0 Å². The van der Waals surface area contributed by atoms with E-state index in [9.17, 15) is 0 Å². The zero-order chi connectivity index (χ0) is 15.1. The molecule has 0 amide bonds. The molecule has 0 N–H and O–H groups in total. The fraction of sp³-hybridized carbons (Fsp3) is 1.00. The Morgan fingerprint density at radius 1 is 0.684 bits per heavy atom. The summed E-state index contributed by atoms with van der Waals surface area (Å²) in [6, 6.07) is 0. The van der Waals surface area contributed by atoms with Crippen LogP contribution in [0.1, 0.15) is 69.2 Å². The zero-order valence-corrected chi connectivity index (χ0v) is 15.5. The summed E-state index contributed by atoms with van der Waals surface area (Å²) < 4.78 is 6.53. The summed E-state index contributed by atoms with van der Waals surface area (Å²) >= 11 is 0. The normalized spacial score (nSPS) is 31.7. The molecule has 2 nitrogen and oxygen atoms in total. The van der Waals surface area contributed by atoms with Crippen LogP contribution in [0.25, 0.3) is 0 Å². The van der Waals surface area contributed by atoms with Crippen molar-refractivity contribution in [3.63, 3.8) is 0 Å². The van der Waals surface area contributed by atoms with Crippen LogP contribution >= 0.6 is 10.4 Å². The second kappa shape index (κ2) is 3.72. The minimum Gasteiger partial charge on any atom is -0.248 e. The Bertz CT molecular complexity index is 347. The molecule has 0 radical (unpaired) electrons. The Morgan fingerprint density at radius 2 is 0.947 bits per heavy atom. The van der Waals surface area contributed by atoms with Crippen LogP contribution in [0.3, 0.4) is 0 Å². The third kappa shape index (κ3) is 1.64. The summed E-state index contributed by atoms with van der Waals surface area (Å²) in [5, 5.41) is 0. The van der Waals surface area contributed by atoms with E-state index in [-0.39, 0.29) is 11.1 Å². The minimum absolute atomic E-state index is 0.264. The molecule has 2 rings (SSSR count). The molecule has 2 fully saturated rings.